The molecule has 2 aliphatic rings. The molecule has 0 aromatic heterocycles. The SMILES string of the molecule is CC(C)(C)OC(=O)N1CCN2Cc3c(I)cc(Br)c(Cl)c3OC[C@H]2C1. The standard InChI is InChI=1S/C17H21BrClIN2O3/c1-17(2,3)25-16(23)22-5-4-21-8-11-13(20)6-12(18)14(19)15(11)24-9-10(21)7-22/h6,10H,4-5,7-9H2,1-3H3/t10-/m1/s1. The summed E-state index contributed by atoms with van der Waals surface area (Å²) in [6, 6.07) is 2.14. The summed E-state index contributed by atoms with van der Waals surface area (Å²) in [5.74, 6) is 0.749. The van der Waals surface area contributed by atoms with Gasteiger partial charge in [0, 0.05) is 39.8 Å². The monoisotopic (exact) mass is 542 g/mol. The van der Waals surface area contributed by atoms with Crippen LogP contribution < -0.4 is 4.74 Å². The fraction of sp³-hybridized carbons (Fsp3) is 0.588. The molecule has 1 atom stereocenters. The maximum absolute atomic E-state index is 12.4. The van der Waals surface area contributed by atoms with E-state index in [-0.39, 0.29) is 12.1 Å². The Kier molecular flexibility index (Phi) is 5.78. The summed E-state index contributed by atoms with van der Waals surface area (Å²) in [5, 5.41) is 0.610. The van der Waals surface area contributed by atoms with Crippen molar-refractivity contribution >= 4 is 56.2 Å². The van der Waals surface area contributed by atoms with Gasteiger partial charge in [-0.1, -0.05) is 11.6 Å². The topological polar surface area (TPSA) is 42.0 Å². The number of piperazine rings is 1. The Labute approximate surface area is 175 Å². The Balaban J connectivity index is 1.76. The quantitative estimate of drug-likeness (QED) is 0.357. The van der Waals surface area contributed by atoms with Crippen LogP contribution in [0.25, 0.3) is 0 Å². The van der Waals surface area contributed by atoms with E-state index in [4.69, 9.17) is 21.1 Å². The molecular weight excluding hydrogens is 522 g/mol. The van der Waals surface area contributed by atoms with Gasteiger partial charge in [-0.15, -0.1) is 0 Å². The van der Waals surface area contributed by atoms with Crippen LogP contribution in [0.4, 0.5) is 4.79 Å². The highest BCUT2D eigenvalue weighted by Gasteiger charge is 2.35. The normalized spacial score (nSPS) is 21.0. The Hall–Kier alpha value is -0.250. The van der Waals surface area contributed by atoms with Crippen molar-refractivity contribution < 1.29 is 14.3 Å². The Morgan fingerprint density at radius 1 is 1.44 bits per heavy atom. The first kappa shape index (κ1) is 19.5. The third kappa shape index (κ3) is 4.36. The van der Waals surface area contributed by atoms with E-state index in [0.717, 1.165) is 32.4 Å². The molecule has 0 aliphatic carbocycles. The number of amides is 1. The molecule has 1 aromatic carbocycles. The van der Waals surface area contributed by atoms with Crippen molar-refractivity contribution in [2.45, 2.75) is 39.0 Å². The molecule has 3 rings (SSSR count). The number of halogens is 3. The van der Waals surface area contributed by atoms with Crippen LogP contribution in [0.1, 0.15) is 26.3 Å². The summed E-state index contributed by atoms with van der Waals surface area (Å²) in [7, 11) is 0. The molecule has 0 radical (unpaired) electrons. The van der Waals surface area contributed by atoms with E-state index in [1.165, 1.54) is 0 Å². The van der Waals surface area contributed by atoms with Crippen molar-refractivity contribution in [1.82, 2.24) is 9.80 Å². The molecule has 1 aromatic rings. The second-order valence-electron chi connectivity index (χ2n) is 7.32. The number of carbonyl (C=O) groups excluding carboxylic acids is 1. The van der Waals surface area contributed by atoms with Gasteiger partial charge in [0.1, 0.15) is 18.0 Å². The molecule has 2 aliphatic heterocycles. The van der Waals surface area contributed by atoms with Crippen LogP contribution in [-0.2, 0) is 11.3 Å². The number of nitrogens with zero attached hydrogens (tertiary/aromatic N) is 2. The minimum Gasteiger partial charge on any atom is -0.490 e. The highest BCUT2D eigenvalue weighted by Crippen LogP contribution is 2.41. The number of carbonyl (C=O) groups is 1. The second kappa shape index (κ2) is 7.40. The minimum atomic E-state index is -0.486. The van der Waals surface area contributed by atoms with E-state index in [9.17, 15) is 4.79 Å². The van der Waals surface area contributed by atoms with Crippen LogP contribution >= 0.6 is 50.1 Å². The van der Waals surface area contributed by atoms with Crippen LogP contribution in [0.5, 0.6) is 5.75 Å². The second-order valence-corrected chi connectivity index (χ2v) is 9.72. The molecule has 0 unspecified atom stereocenters. The lowest BCUT2D eigenvalue weighted by molar-refractivity contribution is -0.00156. The summed E-state index contributed by atoms with van der Waals surface area (Å²) in [4.78, 5) is 16.5. The van der Waals surface area contributed by atoms with Crippen molar-refractivity contribution in [2.24, 2.45) is 0 Å². The van der Waals surface area contributed by atoms with Gasteiger partial charge >= 0.3 is 6.09 Å². The summed E-state index contributed by atoms with van der Waals surface area (Å²) >= 11 is 12.2. The first-order chi connectivity index (χ1) is 11.7. The van der Waals surface area contributed by atoms with Crippen LogP contribution in [0.2, 0.25) is 5.02 Å². The zero-order valence-electron chi connectivity index (χ0n) is 14.4. The average molecular weight is 544 g/mol. The fourth-order valence-electron chi connectivity index (χ4n) is 3.04. The van der Waals surface area contributed by atoms with Crippen LogP contribution in [0, 0.1) is 3.57 Å². The largest absolute Gasteiger partial charge is 0.490 e. The van der Waals surface area contributed by atoms with Gasteiger partial charge in [0.15, 0.2) is 0 Å². The average Bonchev–Trinajstić information content (AvgIpc) is 2.70. The van der Waals surface area contributed by atoms with Gasteiger partial charge in [-0.3, -0.25) is 4.90 Å². The first-order valence-corrected chi connectivity index (χ1v) is 10.4. The van der Waals surface area contributed by atoms with Crippen LogP contribution in [0.15, 0.2) is 10.5 Å². The van der Waals surface area contributed by atoms with Crippen LogP contribution in [0.3, 0.4) is 0 Å². The third-order valence-corrected chi connectivity index (χ3v) is 6.45. The van der Waals surface area contributed by atoms with Gasteiger partial charge in [-0.25, -0.2) is 4.79 Å². The molecule has 1 saturated heterocycles. The van der Waals surface area contributed by atoms with Crippen molar-refractivity contribution in [3.8, 4) is 5.75 Å². The minimum absolute atomic E-state index is 0.124. The van der Waals surface area contributed by atoms with Crippen molar-refractivity contribution in [3.63, 3.8) is 0 Å². The molecule has 2 heterocycles. The van der Waals surface area contributed by atoms with Gasteiger partial charge in [0.05, 0.1) is 11.1 Å². The maximum Gasteiger partial charge on any atom is 0.410 e. The number of rotatable bonds is 0. The highest BCUT2D eigenvalue weighted by atomic mass is 127. The van der Waals surface area contributed by atoms with E-state index >= 15 is 0 Å². The van der Waals surface area contributed by atoms with Crippen LogP contribution in [-0.4, -0.2) is 53.8 Å². The molecule has 1 fully saturated rings. The number of fused-ring (bicyclic) bond motifs is 2. The lowest BCUT2D eigenvalue weighted by Crippen LogP contribution is -2.56. The Morgan fingerprint density at radius 3 is 2.84 bits per heavy atom. The molecule has 8 heteroatoms. The predicted octanol–water partition coefficient (Wildman–Crippen LogP) is 4.52. The lowest BCUT2D eigenvalue weighted by atomic mass is 10.1. The summed E-state index contributed by atoms with van der Waals surface area (Å²) in [5.41, 5.74) is 0.627. The number of ether oxygens (including phenoxy) is 2. The molecule has 0 N–H and O–H groups in total. The molecule has 0 saturated carbocycles. The summed E-state index contributed by atoms with van der Waals surface area (Å²) in [6.45, 7) is 8.96. The van der Waals surface area contributed by atoms with Crippen molar-refractivity contribution in [3.05, 3.63) is 24.7 Å². The molecule has 0 spiro atoms. The maximum atomic E-state index is 12.4. The van der Waals surface area contributed by atoms with Gasteiger partial charge in [0.2, 0.25) is 0 Å². The molecule has 25 heavy (non-hydrogen) atoms. The highest BCUT2D eigenvalue weighted by molar-refractivity contribution is 14.1. The van der Waals surface area contributed by atoms with E-state index in [0.29, 0.717) is 24.7 Å². The predicted molar refractivity (Wildman–Crippen MR) is 109 cm³/mol. The van der Waals surface area contributed by atoms with Gasteiger partial charge in [0.25, 0.3) is 0 Å². The molecule has 0 bridgehead atoms. The Bertz CT molecular complexity index is 695. The van der Waals surface area contributed by atoms with Gasteiger partial charge in [-0.2, -0.15) is 0 Å². The number of benzene rings is 1. The van der Waals surface area contributed by atoms with Gasteiger partial charge in [-0.05, 0) is 65.4 Å². The molecule has 1 amide bonds. The van der Waals surface area contributed by atoms with Gasteiger partial charge < -0.3 is 14.4 Å². The summed E-state index contributed by atoms with van der Waals surface area (Å²) in [6.07, 6.45) is -0.260. The molecule has 138 valence electrons. The smallest absolute Gasteiger partial charge is 0.410 e. The summed E-state index contributed by atoms with van der Waals surface area (Å²) < 4.78 is 13.5. The van der Waals surface area contributed by atoms with Crippen molar-refractivity contribution in [1.29, 1.82) is 0 Å². The molecule has 5 nitrogen and oxygen atoms in total. The zero-order chi connectivity index (χ0) is 18.4. The van der Waals surface area contributed by atoms with E-state index in [2.05, 4.69) is 43.4 Å². The molecular formula is C17H21BrClIN2O3. The number of hydrogen-bond donors (Lipinski definition) is 0. The van der Waals surface area contributed by atoms with E-state index < -0.39 is 5.60 Å². The van der Waals surface area contributed by atoms with E-state index in [1.807, 2.05) is 26.8 Å². The van der Waals surface area contributed by atoms with E-state index in [1.54, 1.807) is 4.90 Å². The number of hydrogen-bond acceptors (Lipinski definition) is 4. The Morgan fingerprint density at radius 2 is 2.16 bits per heavy atom. The third-order valence-electron chi connectivity index (χ3n) is 4.26. The fourth-order valence-corrected chi connectivity index (χ4v) is 4.83. The van der Waals surface area contributed by atoms with Crippen molar-refractivity contribution in [2.75, 3.05) is 26.2 Å². The lowest BCUT2D eigenvalue weighted by Gasteiger charge is -2.40. The first-order valence-electron chi connectivity index (χ1n) is 8.17. The zero-order valence-corrected chi connectivity index (χ0v) is 18.9.